The molecule has 752 valence electrons. The number of alkyl halides is 6. The first kappa shape index (κ1) is 101. The summed E-state index contributed by atoms with van der Waals surface area (Å²) in [6.45, 7) is 6.25. The largest absolute Gasteiger partial charge is 0.482 e. The van der Waals surface area contributed by atoms with Crippen LogP contribution in [0.25, 0.3) is 11.1 Å². The number of carbonyl (C=O) groups is 7. The number of Topliss-reactive ketones (excluding diaryl/α,β-unsaturated/α-hetero) is 5. The number of aromatic nitrogens is 3. The molecule has 9 atom stereocenters. The molecule has 11 fully saturated rings. The van der Waals surface area contributed by atoms with E-state index in [4.69, 9.17) is 70.1 Å². The highest BCUT2D eigenvalue weighted by Gasteiger charge is 2.73. The number of ketones is 5. The summed E-state index contributed by atoms with van der Waals surface area (Å²) in [5, 5.41) is 48.4. The number of carbonyl (C=O) groups excluding carboxylic acids is 7. The number of likely N-dealkylation sites (tertiary alicyclic amines) is 1. The lowest BCUT2D eigenvalue weighted by atomic mass is 9.37. The number of hydrogen-bond donors (Lipinski definition) is 4. The van der Waals surface area contributed by atoms with Crippen LogP contribution >= 0.6 is 46.4 Å². The lowest BCUT2D eigenvalue weighted by molar-refractivity contribution is -0.267. The van der Waals surface area contributed by atoms with Crippen molar-refractivity contribution >= 4 is 87.3 Å². The number of halogens is 11. The molecule has 15 aliphatic rings. The number of amides is 3. The molecule has 34 heteroatoms. The maximum absolute atomic E-state index is 14.3. The number of urea groups is 1. The summed E-state index contributed by atoms with van der Waals surface area (Å²) < 4.78 is 128. The number of ether oxygens (including phenoxy) is 6. The molecule has 2 saturated heterocycles. The van der Waals surface area contributed by atoms with Crippen LogP contribution in [-0.2, 0) is 51.4 Å². The van der Waals surface area contributed by atoms with Gasteiger partial charge in [-0.3, -0.25) is 38.4 Å². The number of aliphatic hydroxyl groups is 4. The summed E-state index contributed by atoms with van der Waals surface area (Å²) in [5.74, 6) is -1.24. The normalized spacial score (nSPS) is 29.7. The minimum Gasteiger partial charge on any atom is -0.482 e. The van der Waals surface area contributed by atoms with Crippen molar-refractivity contribution < 1.29 is 113 Å². The Kier molecular flexibility index (Phi) is 29.0. The Morgan fingerprint density at radius 2 is 0.957 bits per heavy atom. The van der Waals surface area contributed by atoms with Gasteiger partial charge in [-0.1, -0.05) is 82.3 Å². The zero-order valence-corrected chi connectivity index (χ0v) is 81.7. The predicted octanol–water partition coefficient (Wildman–Crippen LogP) is 21.7. The minimum atomic E-state index is -3.48. The third-order valence-electron chi connectivity index (χ3n) is 31.2. The van der Waals surface area contributed by atoms with Crippen LogP contribution < -0.4 is 23.7 Å². The third kappa shape index (κ3) is 22.5. The number of benzene rings is 6. The first-order valence-electron chi connectivity index (χ1n) is 48.8. The molecule has 0 radical (unpaired) electrons. The van der Waals surface area contributed by atoms with Gasteiger partial charge in [0.15, 0.2) is 59.1 Å². The molecule has 1 unspecified atom stereocenters. The standard InChI is InChI=1S/C27H24ClF3N2O4.C27H30ClF2NO4.C27H28ClNO4.C26H33ClF2N2O5/c1-25(30,31)37-23-4-2-15(6-19(23)29)16-10-32-33(11-16)27-12-26(13-27,14-27)9-21(35)24-8-20(34)18-7-17(28)3-5-22(18)36-24;1-27(29,30)18-6-8-20(31-15-18)9-10-22(32)17-4-2-16(3-5-17)12-24(34)26-14-23(33)21-13-19(28)7-11-25(21)35-26;1-16-2-4-17(5-3-16)18-8-25(32)29(12-18)27-13-26(14-27,15-27)11-22(31)24-10-21(30)20-9-19(28)6-7-23(20)33-24;1-26(28,29)36-19-12-18(13-19)31-9-8-30(25(31)34)17-5-2-15(3-6-17)10-22(33)24-14-21(32)20-11-16(27)4-7-23(20)35-24/h2-7,10-11,20,24,34H,8-9,12-14H2,1H3;6-8,11,13,15-17,23,26,33H,2-5,9-10,12,14H2,1H3;2-7,9,18,21,24,30H,8,10-15H2,1H3;4,7,11,15,17-19,21,24,32H,2-3,5-6,8-10,12-14H2,1H3/t20-,24+,26?,27?;16?,17?,23-,26+;18?,21-,24-,26?,27?;15?,17?,18?,19?,21-,24-/m1011/s1. The fraction of sp³-hybridized carbons (Fsp3) is 0.523. The molecule has 6 aromatic carbocycles. The Labute approximate surface area is 832 Å². The summed E-state index contributed by atoms with van der Waals surface area (Å²) in [4.78, 5) is 100. The Hall–Kier alpha value is -9.76. The fourth-order valence-corrected chi connectivity index (χ4v) is 24.7. The van der Waals surface area contributed by atoms with Crippen molar-refractivity contribution in [1.29, 1.82) is 0 Å². The van der Waals surface area contributed by atoms with Gasteiger partial charge in [0, 0.05) is 206 Å². The lowest BCUT2D eigenvalue weighted by Crippen LogP contribution is -2.75. The van der Waals surface area contributed by atoms with Gasteiger partial charge in [0.1, 0.15) is 28.8 Å². The summed E-state index contributed by atoms with van der Waals surface area (Å²) in [5.41, 5.74) is 6.25. The first-order chi connectivity index (χ1) is 66.9. The molecule has 3 amide bonds. The van der Waals surface area contributed by atoms with Crippen molar-refractivity contribution in [3.05, 3.63) is 217 Å². The first-order valence-corrected chi connectivity index (χ1v) is 50.3. The van der Waals surface area contributed by atoms with Crippen LogP contribution in [0.5, 0.6) is 28.7 Å². The number of nitrogens with zero attached hydrogens (tertiary/aromatic N) is 6. The van der Waals surface area contributed by atoms with Crippen LogP contribution in [0.1, 0.15) is 263 Å². The zero-order chi connectivity index (χ0) is 99.9. The highest BCUT2D eigenvalue weighted by molar-refractivity contribution is 6.31. The van der Waals surface area contributed by atoms with Gasteiger partial charge in [-0.15, -0.1) is 0 Å². The van der Waals surface area contributed by atoms with Gasteiger partial charge in [0.05, 0.1) is 42.3 Å². The summed E-state index contributed by atoms with van der Waals surface area (Å²) in [6.07, 6.45) is 7.99. The Balaban J connectivity index is 0.000000124. The number of pyridine rings is 1. The molecule has 23 rings (SSSR count). The van der Waals surface area contributed by atoms with Crippen LogP contribution in [0.15, 0.2) is 146 Å². The van der Waals surface area contributed by atoms with Crippen molar-refractivity contribution in [2.75, 3.05) is 19.6 Å². The molecule has 23 nitrogen and oxygen atoms in total. The molecule has 9 aliphatic carbocycles. The van der Waals surface area contributed by atoms with E-state index in [0.29, 0.717) is 160 Å². The summed E-state index contributed by atoms with van der Waals surface area (Å²) in [7, 11) is 0. The second-order valence-corrected chi connectivity index (χ2v) is 43.7. The maximum atomic E-state index is 14.3. The highest BCUT2D eigenvalue weighted by atomic mass is 35.5. The smallest absolute Gasteiger partial charge is 0.395 e. The maximum Gasteiger partial charge on any atom is 0.395 e. The number of aliphatic hydroxyl groups excluding tert-OH is 4. The zero-order valence-electron chi connectivity index (χ0n) is 78.7. The number of rotatable bonds is 27. The van der Waals surface area contributed by atoms with E-state index in [0.717, 1.165) is 116 Å². The Morgan fingerprint density at radius 3 is 1.40 bits per heavy atom. The quantitative estimate of drug-likeness (QED) is 0.0348. The molecule has 8 heterocycles. The number of fused-ring (bicyclic) bond motifs is 4. The van der Waals surface area contributed by atoms with Crippen LogP contribution in [-0.4, -0.2) is 171 Å². The van der Waals surface area contributed by atoms with Crippen LogP contribution in [0, 0.1) is 41.3 Å². The van der Waals surface area contributed by atoms with Gasteiger partial charge in [-0.25, -0.2) is 18.0 Å². The molecule has 8 aromatic rings. The molecule has 4 N–H and O–H groups in total. The fourth-order valence-electron chi connectivity index (χ4n) is 24.0. The minimum absolute atomic E-state index is 0.000868. The predicted molar refractivity (Wildman–Crippen MR) is 508 cm³/mol. The van der Waals surface area contributed by atoms with Crippen molar-refractivity contribution in [2.45, 2.75) is 303 Å². The van der Waals surface area contributed by atoms with Gasteiger partial charge < -0.3 is 63.5 Å². The van der Waals surface area contributed by atoms with Crippen LogP contribution in [0.2, 0.25) is 20.1 Å². The van der Waals surface area contributed by atoms with Gasteiger partial charge in [-0.05, 0) is 247 Å². The second-order valence-electron chi connectivity index (χ2n) is 42.0. The van der Waals surface area contributed by atoms with E-state index < -0.39 is 84.6 Å². The van der Waals surface area contributed by atoms with Crippen molar-refractivity contribution in [3.8, 4) is 39.9 Å². The topological polar surface area (TPSA) is 296 Å². The molecule has 141 heavy (non-hydrogen) atoms. The van der Waals surface area contributed by atoms with E-state index >= 15 is 0 Å². The second kappa shape index (κ2) is 40.3. The Morgan fingerprint density at radius 1 is 0.504 bits per heavy atom. The monoisotopic (exact) mass is 2030 g/mol. The number of hydrogen-bond acceptors (Lipinski definition) is 19. The van der Waals surface area contributed by atoms with Crippen molar-refractivity contribution in [2.24, 2.45) is 28.6 Å². The van der Waals surface area contributed by atoms with Crippen LogP contribution in [0.4, 0.5) is 35.5 Å². The van der Waals surface area contributed by atoms with E-state index in [1.807, 2.05) is 15.8 Å². The molecule has 2 aromatic heterocycles. The van der Waals surface area contributed by atoms with Crippen LogP contribution in [0.3, 0.4) is 0 Å². The highest BCUT2D eigenvalue weighted by Crippen LogP contribution is 2.74. The van der Waals surface area contributed by atoms with Gasteiger partial charge in [0.25, 0.3) is 5.92 Å². The van der Waals surface area contributed by atoms with Crippen molar-refractivity contribution in [1.82, 2.24) is 29.5 Å². The van der Waals surface area contributed by atoms with E-state index in [1.165, 1.54) is 35.5 Å². The average Bonchev–Trinajstić information content (AvgIpc) is 1.66. The summed E-state index contributed by atoms with van der Waals surface area (Å²) >= 11 is 24.0. The van der Waals surface area contributed by atoms with E-state index in [-0.39, 0.29) is 130 Å². The average molecular weight is 2030 g/mol. The van der Waals surface area contributed by atoms with Gasteiger partial charge >= 0.3 is 18.2 Å². The molecule has 9 saturated carbocycles. The van der Waals surface area contributed by atoms with E-state index in [2.05, 4.69) is 50.9 Å². The van der Waals surface area contributed by atoms with E-state index in [9.17, 15) is 84.7 Å². The Bertz CT molecular complexity index is 6000. The molecule has 0 spiro atoms. The molecule has 6 aliphatic heterocycles. The summed E-state index contributed by atoms with van der Waals surface area (Å²) in [6, 6.07) is 35.6. The van der Waals surface area contributed by atoms with Gasteiger partial charge in [0.2, 0.25) is 5.91 Å². The SMILES string of the molecule is CC(F)(F)OC1CC(N2CCN(C3CCC(CC(=O)[C@H]4C[C@@H](O)c5cc(Cl)ccc5O4)CC3)C2=O)C1.CC(F)(F)Oc1ccc(-c2cnn(C34CC(CC(=O)[C@@H]5C[C@@H](O)c6cc(Cl)ccc6O5)(C3)C4)c2)cc1F.CC(F)(F)c1ccc(CCC(=O)C2CCC(CC(=O)[C@H]3C[C@H](O)c4cc(Cl)ccc4O3)CC2)nc1.Cc1ccc(C2CC(=O)N(C34CC(CC(=O)[C@H]5C[C@@H](O)c6cc(Cl)ccc6O5)(C3)C4)C2)cc1. The van der Waals surface area contributed by atoms with Gasteiger partial charge in [-0.2, -0.15) is 22.7 Å². The number of aryl methyl sites for hydroxylation is 2. The molecular weight excluding hydrogens is 1920 g/mol. The van der Waals surface area contributed by atoms with Crippen molar-refractivity contribution in [3.63, 3.8) is 0 Å². The van der Waals surface area contributed by atoms with E-state index in [1.54, 1.807) is 90.0 Å². The third-order valence-corrected chi connectivity index (χ3v) is 32.2. The molecular formula is C107H115Cl4F7N6O17. The lowest BCUT2D eigenvalue weighted by Gasteiger charge is -2.73. The molecule has 4 bridgehead atoms.